The maximum Gasteiger partial charge on any atom is 0.336 e. The second kappa shape index (κ2) is 8.19. The molecule has 2 aromatic carbocycles. The molecule has 0 bridgehead atoms. The first-order chi connectivity index (χ1) is 14.5. The smallest absolute Gasteiger partial charge is 0.336 e. The lowest BCUT2D eigenvalue weighted by atomic mass is 9.71. The van der Waals surface area contributed by atoms with Gasteiger partial charge in [-0.3, -0.25) is 4.79 Å². The Morgan fingerprint density at radius 1 is 1.00 bits per heavy atom. The number of para-hydroxylation sites is 1. The minimum Gasteiger partial charge on any atom is -0.496 e. The number of methoxy groups -OCH3 is 2. The van der Waals surface area contributed by atoms with E-state index in [1.54, 1.807) is 7.11 Å². The SMILES string of the molecule is COC(=O)C1=C(C)NC2=C(C(=O)C[C@H](c3ccccc3OC)C2)[C@@H]1c1ccccc1. The Hall–Kier alpha value is -3.34. The minimum atomic E-state index is -0.430. The molecular weight excluding hydrogens is 378 g/mol. The van der Waals surface area contributed by atoms with Gasteiger partial charge >= 0.3 is 5.97 Å². The molecule has 0 saturated heterocycles. The van der Waals surface area contributed by atoms with Gasteiger partial charge in [0.15, 0.2) is 5.78 Å². The molecule has 154 valence electrons. The summed E-state index contributed by atoms with van der Waals surface area (Å²) in [6.45, 7) is 1.86. The molecule has 1 aliphatic carbocycles. The van der Waals surface area contributed by atoms with Gasteiger partial charge in [0.2, 0.25) is 0 Å². The van der Waals surface area contributed by atoms with Crippen molar-refractivity contribution in [3.05, 3.63) is 88.3 Å². The van der Waals surface area contributed by atoms with Gasteiger partial charge in [0.05, 0.1) is 19.8 Å². The van der Waals surface area contributed by atoms with Gasteiger partial charge in [-0.05, 0) is 30.5 Å². The summed E-state index contributed by atoms with van der Waals surface area (Å²) in [5.41, 5.74) is 4.70. The fourth-order valence-corrected chi connectivity index (χ4v) is 4.62. The Kier molecular flexibility index (Phi) is 5.44. The first-order valence-corrected chi connectivity index (χ1v) is 10.0. The highest BCUT2D eigenvalue weighted by atomic mass is 16.5. The summed E-state index contributed by atoms with van der Waals surface area (Å²) >= 11 is 0. The van der Waals surface area contributed by atoms with Crippen LogP contribution < -0.4 is 10.1 Å². The zero-order valence-corrected chi connectivity index (χ0v) is 17.4. The summed E-state index contributed by atoms with van der Waals surface area (Å²) in [5.74, 6) is 0.00423. The van der Waals surface area contributed by atoms with Gasteiger partial charge in [0.25, 0.3) is 0 Å². The predicted octanol–water partition coefficient (Wildman–Crippen LogP) is 4.23. The largest absolute Gasteiger partial charge is 0.496 e. The van der Waals surface area contributed by atoms with Crippen LogP contribution in [-0.2, 0) is 14.3 Å². The molecule has 0 radical (unpaired) electrons. The number of esters is 1. The topological polar surface area (TPSA) is 64.6 Å². The van der Waals surface area contributed by atoms with Gasteiger partial charge in [-0.15, -0.1) is 0 Å². The summed E-state index contributed by atoms with van der Waals surface area (Å²) in [6.07, 6.45) is 1.05. The fourth-order valence-electron chi connectivity index (χ4n) is 4.62. The molecule has 1 N–H and O–H groups in total. The van der Waals surface area contributed by atoms with E-state index in [1.807, 2.05) is 61.5 Å². The van der Waals surface area contributed by atoms with Crippen molar-refractivity contribution < 1.29 is 19.1 Å². The average Bonchev–Trinajstić information content (AvgIpc) is 2.78. The molecular formula is C25H25NO4. The lowest BCUT2D eigenvalue weighted by molar-refractivity contribution is -0.136. The number of ether oxygens (including phenoxy) is 2. The van der Waals surface area contributed by atoms with Crippen LogP contribution in [0, 0.1) is 0 Å². The van der Waals surface area contributed by atoms with Crippen LogP contribution in [0.15, 0.2) is 77.1 Å². The van der Waals surface area contributed by atoms with Gasteiger partial charge in [-0.2, -0.15) is 0 Å². The second-order valence-electron chi connectivity index (χ2n) is 7.66. The lowest BCUT2D eigenvalue weighted by Crippen LogP contribution is -2.36. The maximum absolute atomic E-state index is 13.4. The number of ketones is 1. The van der Waals surface area contributed by atoms with Crippen LogP contribution in [-0.4, -0.2) is 26.0 Å². The molecule has 4 rings (SSSR count). The lowest BCUT2D eigenvalue weighted by Gasteiger charge is -2.36. The molecule has 0 spiro atoms. The van der Waals surface area contributed by atoms with Crippen molar-refractivity contribution in [2.45, 2.75) is 31.6 Å². The highest BCUT2D eigenvalue weighted by Gasteiger charge is 2.41. The molecule has 1 heterocycles. The Morgan fingerprint density at radius 3 is 2.40 bits per heavy atom. The van der Waals surface area contributed by atoms with Crippen LogP contribution >= 0.6 is 0 Å². The van der Waals surface area contributed by atoms with E-state index in [2.05, 4.69) is 5.32 Å². The molecule has 0 fully saturated rings. The molecule has 0 saturated carbocycles. The summed E-state index contributed by atoms with van der Waals surface area (Å²) in [4.78, 5) is 26.1. The van der Waals surface area contributed by atoms with E-state index in [-0.39, 0.29) is 11.7 Å². The monoisotopic (exact) mass is 403 g/mol. The van der Waals surface area contributed by atoms with Gasteiger partial charge in [-0.1, -0.05) is 48.5 Å². The maximum atomic E-state index is 13.4. The van der Waals surface area contributed by atoms with E-state index in [0.29, 0.717) is 24.0 Å². The van der Waals surface area contributed by atoms with Crippen molar-refractivity contribution in [2.24, 2.45) is 0 Å². The fraction of sp³-hybridized carbons (Fsp3) is 0.280. The Bertz CT molecular complexity index is 1050. The van der Waals surface area contributed by atoms with E-state index < -0.39 is 11.9 Å². The molecule has 2 atom stereocenters. The molecule has 0 amide bonds. The van der Waals surface area contributed by atoms with Crippen LogP contribution in [0.25, 0.3) is 0 Å². The van der Waals surface area contributed by atoms with E-state index in [9.17, 15) is 9.59 Å². The number of dihydropyridines is 1. The van der Waals surface area contributed by atoms with Gasteiger partial charge in [-0.25, -0.2) is 4.79 Å². The second-order valence-corrected chi connectivity index (χ2v) is 7.66. The molecule has 5 heteroatoms. The molecule has 2 aliphatic rings. The molecule has 2 aromatic rings. The van der Waals surface area contributed by atoms with Crippen molar-refractivity contribution in [3.8, 4) is 5.75 Å². The number of benzene rings is 2. The van der Waals surface area contributed by atoms with Crippen molar-refractivity contribution in [1.82, 2.24) is 5.32 Å². The third kappa shape index (κ3) is 3.41. The van der Waals surface area contributed by atoms with Gasteiger partial charge in [0.1, 0.15) is 5.75 Å². The van der Waals surface area contributed by atoms with E-state index in [1.165, 1.54) is 7.11 Å². The number of carbonyl (C=O) groups is 2. The summed E-state index contributed by atoms with van der Waals surface area (Å²) < 4.78 is 10.6. The minimum absolute atomic E-state index is 0.0174. The van der Waals surface area contributed by atoms with Crippen molar-refractivity contribution >= 4 is 11.8 Å². The molecule has 5 nitrogen and oxygen atoms in total. The van der Waals surface area contributed by atoms with Crippen molar-refractivity contribution in [3.63, 3.8) is 0 Å². The average molecular weight is 403 g/mol. The number of hydrogen-bond acceptors (Lipinski definition) is 5. The van der Waals surface area contributed by atoms with Crippen LogP contribution in [0.1, 0.15) is 42.7 Å². The third-order valence-corrected chi connectivity index (χ3v) is 5.94. The first kappa shape index (κ1) is 20.0. The number of rotatable bonds is 4. The van der Waals surface area contributed by atoms with E-state index in [4.69, 9.17) is 9.47 Å². The Morgan fingerprint density at radius 2 is 1.70 bits per heavy atom. The third-order valence-electron chi connectivity index (χ3n) is 5.94. The molecule has 30 heavy (non-hydrogen) atoms. The van der Waals surface area contributed by atoms with Crippen molar-refractivity contribution in [2.75, 3.05) is 14.2 Å². The van der Waals surface area contributed by atoms with Crippen LogP contribution in [0.3, 0.4) is 0 Å². The van der Waals surface area contributed by atoms with E-state index in [0.717, 1.165) is 28.3 Å². The number of allylic oxidation sites excluding steroid dienone is 3. The number of nitrogens with one attached hydrogen (secondary N) is 1. The number of carbonyl (C=O) groups excluding carboxylic acids is 2. The van der Waals surface area contributed by atoms with Crippen molar-refractivity contribution in [1.29, 1.82) is 0 Å². The van der Waals surface area contributed by atoms with Gasteiger partial charge < -0.3 is 14.8 Å². The Labute approximate surface area is 176 Å². The quantitative estimate of drug-likeness (QED) is 0.774. The van der Waals surface area contributed by atoms with Crippen LogP contribution in [0.4, 0.5) is 0 Å². The normalized spacial score (nSPS) is 21.1. The van der Waals surface area contributed by atoms with Gasteiger partial charge in [0, 0.05) is 35.2 Å². The number of hydrogen-bond donors (Lipinski definition) is 1. The molecule has 1 aliphatic heterocycles. The summed E-state index contributed by atoms with van der Waals surface area (Å²) in [5, 5.41) is 3.35. The summed E-state index contributed by atoms with van der Waals surface area (Å²) in [7, 11) is 3.02. The van der Waals surface area contributed by atoms with Crippen LogP contribution in [0.5, 0.6) is 5.75 Å². The first-order valence-electron chi connectivity index (χ1n) is 10.0. The zero-order valence-electron chi connectivity index (χ0n) is 17.4. The molecule has 0 unspecified atom stereocenters. The highest BCUT2D eigenvalue weighted by Crippen LogP contribution is 2.46. The van der Waals surface area contributed by atoms with E-state index >= 15 is 0 Å². The van der Waals surface area contributed by atoms with Crippen LogP contribution in [0.2, 0.25) is 0 Å². The summed E-state index contributed by atoms with van der Waals surface area (Å²) in [6, 6.07) is 17.5. The zero-order chi connectivity index (χ0) is 21.3. The highest BCUT2D eigenvalue weighted by molar-refractivity contribution is 6.04. The molecule has 0 aromatic heterocycles. The predicted molar refractivity (Wildman–Crippen MR) is 114 cm³/mol. The Balaban J connectivity index is 1.80. The number of Topliss-reactive ketones (excluding diaryl/α,β-unsaturated/α-hetero) is 1. The standard InChI is InChI=1S/C25H25NO4/c1-15-22(25(28)30-3)23(16-9-5-4-6-10-16)24-19(26-15)13-17(14-20(24)27)18-11-7-8-12-21(18)29-2/h4-12,17,23,26H,13-14H2,1-3H3/t17-,23-/m1/s1.